The number of benzene rings is 2. The molecule has 0 radical (unpaired) electrons. The fraction of sp³-hybridized carbons (Fsp3) is 0.188. The first-order valence-corrected chi connectivity index (χ1v) is 6.60. The Kier molecular flexibility index (Phi) is 4.63. The molecule has 0 N–H and O–H groups in total. The monoisotopic (exact) mass is 272 g/mol. The zero-order valence-corrected chi connectivity index (χ0v) is 11.7. The summed E-state index contributed by atoms with van der Waals surface area (Å²) in [5.74, 6) is 0.776. The molecule has 0 heterocycles. The summed E-state index contributed by atoms with van der Waals surface area (Å²) in [4.78, 5) is 11.5. The predicted octanol–water partition coefficient (Wildman–Crippen LogP) is 3.72. The highest BCUT2D eigenvalue weighted by molar-refractivity contribution is 7.80. The van der Waals surface area contributed by atoms with Gasteiger partial charge in [-0.25, -0.2) is 0 Å². The van der Waals surface area contributed by atoms with E-state index in [-0.39, 0.29) is 0 Å². The zero-order chi connectivity index (χ0) is 13.7. The van der Waals surface area contributed by atoms with Crippen molar-refractivity contribution in [2.75, 3.05) is 6.61 Å². The molecule has 2 rings (SSSR count). The smallest absolute Gasteiger partial charge is 0.150 e. The van der Waals surface area contributed by atoms with Gasteiger partial charge < -0.3 is 4.74 Å². The van der Waals surface area contributed by atoms with Gasteiger partial charge in [0.15, 0.2) is 0 Å². The molecule has 0 fully saturated rings. The van der Waals surface area contributed by atoms with Gasteiger partial charge in [0.2, 0.25) is 0 Å². The van der Waals surface area contributed by atoms with Gasteiger partial charge in [0.25, 0.3) is 0 Å². The van der Waals surface area contributed by atoms with Crippen LogP contribution in [0.15, 0.2) is 47.4 Å². The Morgan fingerprint density at radius 2 is 1.89 bits per heavy atom. The van der Waals surface area contributed by atoms with Crippen LogP contribution in [0.5, 0.6) is 5.75 Å². The lowest BCUT2D eigenvalue weighted by Gasteiger charge is -2.08. The fourth-order valence-corrected chi connectivity index (χ4v) is 2.20. The molecule has 0 spiro atoms. The van der Waals surface area contributed by atoms with Crippen LogP contribution in [0.3, 0.4) is 0 Å². The number of ether oxygens (including phenoxy) is 1. The molecule has 0 aliphatic rings. The predicted molar refractivity (Wildman–Crippen MR) is 79.5 cm³/mol. The molecule has 0 amide bonds. The quantitative estimate of drug-likeness (QED) is 0.663. The van der Waals surface area contributed by atoms with Crippen molar-refractivity contribution in [3.8, 4) is 5.75 Å². The molecule has 0 bridgehead atoms. The average molecular weight is 272 g/mol. The van der Waals surface area contributed by atoms with E-state index >= 15 is 0 Å². The van der Waals surface area contributed by atoms with Crippen LogP contribution < -0.4 is 4.74 Å². The molecule has 2 nitrogen and oxygen atoms in total. The minimum Gasteiger partial charge on any atom is -0.493 e. The molecule has 0 aliphatic carbocycles. The first-order chi connectivity index (χ1) is 9.19. The van der Waals surface area contributed by atoms with Crippen LogP contribution in [-0.2, 0) is 6.42 Å². The summed E-state index contributed by atoms with van der Waals surface area (Å²) in [5.41, 5.74) is 3.04. The third-order valence-corrected chi connectivity index (χ3v) is 3.31. The molecule has 0 saturated heterocycles. The molecule has 2 aromatic carbocycles. The van der Waals surface area contributed by atoms with E-state index in [0.29, 0.717) is 12.2 Å². The van der Waals surface area contributed by atoms with E-state index in [2.05, 4.69) is 37.8 Å². The van der Waals surface area contributed by atoms with Crippen molar-refractivity contribution in [2.24, 2.45) is 0 Å². The van der Waals surface area contributed by atoms with Crippen LogP contribution >= 0.6 is 12.6 Å². The van der Waals surface area contributed by atoms with Crippen LogP contribution in [-0.4, -0.2) is 12.9 Å². The number of carbonyl (C=O) groups is 1. The number of hydrogen-bond donors (Lipinski definition) is 1. The third kappa shape index (κ3) is 3.86. The Balaban J connectivity index is 1.90. The minimum absolute atomic E-state index is 0.594. The molecule has 0 unspecified atom stereocenters. The van der Waals surface area contributed by atoms with Crippen molar-refractivity contribution < 1.29 is 9.53 Å². The average Bonchev–Trinajstić information content (AvgIpc) is 2.42. The van der Waals surface area contributed by atoms with Gasteiger partial charge >= 0.3 is 0 Å². The lowest BCUT2D eigenvalue weighted by atomic mass is 10.1. The van der Waals surface area contributed by atoms with Gasteiger partial charge in [0.1, 0.15) is 12.0 Å². The molecule has 2 aromatic rings. The van der Waals surface area contributed by atoms with Crippen LogP contribution in [0.2, 0.25) is 0 Å². The Morgan fingerprint density at radius 3 is 2.53 bits per heavy atom. The molecule has 19 heavy (non-hydrogen) atoms. The van der Waals surface area contributed by atoms with Gasteiger partial charge in [-0.05, 0) is 42.8 Å². The van der Waals surface area contributed by atoms with Crippen molar-refractivity contribution in [2.45, 2.75) is 18.2 Å². The largest absolute Gasteiger partial charge is 0.493 e. The van der Waals surface area contributed by atoms with Crippen molar-refractivity contribution >= 4 is 18.9 Å². The Morgan fingerprint density at radius 1 is 1.16 bits per heavy atom. The second kappa shape index (κ2) is 6.43. The number of aryl methyl sites for hydroxylation is 1. The molecule has 3 heteroatoms. The van der Waals surface area contributed by atoms with E-state index in [1.807, 2.05) is 0 Å². The summed E-state index contributed by atoms with van der Waals surface area (Å²) in [6, 6.07) is 13.3. The molecular weight excluding hydrogens is 256 g/mol. The summed E-state index contributed by atoms with van der Waals surface area (Å²) >= 11 is 4.46. The highest BCUT2D eigenvalue weighted by Gasteiger charge is 2.00. The standard InChI is InChI=1S/C16H16O2S/c1-12-2-5-14(16(19)10-12)8-9-18-15-6-3-13(11-17)4-7-15/h2-7,10-11,19H,8-9H2,1H3. The van der Waals surface area contributed by atoms with Crippen molar-refractivity contribution in [1.29, 1.82) is 0 Å². The van der Waals surface area contributed by atoms with Gasteiger partial charge in [0, 0.05) is 16.9 Å². The van der Waals surface area contributed by atoms with Gasteiger partial charge in [-0.2, -0.15) is 0 Å². The summed E-state index contributed by atoms with van der Waals surface area (Å²) < 4.78 is 5.64. The van der Waals surface area contributed by atoms with Crippen LogP contribution in [0.25, 0.3) is 0 Å². The van der Waals surface area contributed by atoms with Crippen LogP contribution in [0.4, 0.5) is 0 Å². The second-order valence-electron chi connectivity index (χ2n) is 4.42. The highest BCUT2D eigenvalue weighted by atomic mass is 32.1. The van der Waals surface area contributed by atoms with Gasteiger partial charge in [0.05, 0.1) is 6.61 Å². The topological polar surface area (TPSA) is 26.3 Å². The van der Waals surface area contributed by atoms with E-state index in [1.54, 1.807) is 24.3 Å². The van der Waals surface area contributed by atoms with E-state index in [9.17, 15) is 4.79 Å². The zero-order valence-electron chi connectivity index (χ0n) is 10.8. The molecular formula is C16H16O2S. The Bertz CT molecular complexity index is 561. The van der Waals surface area contributed by atoms with E-state index in [1.165, 1.54) is 11.1 Å². The lowest BCUT2D eigenvalue weighted by molar-refractivity contribution is 0.112. The number of hydrogen-bond acceptors (Lipinski definition) is 3. The van der Waals surface area contributed by atoms with Crippen molar-refractivity contribution in [1.82, 2.24) is 0 Å². The first kappa shape index (κ1) is 13.7. The van der Waals surface area contributed by atoms with Gasteiger partial charge in [-0.3, -0.25) is 4.79 Å². The normalized spacial score (nSPS) is 10.2. The summed E-state index contributed by atoms with van der Waals surface area (Å²) in [5, 5.41) is 0. The van der Waals surface area contributed by atoms with Gasteiger partial charge in [-0.1, -0.05) is 17.7 Å². The summed E-state index contributed by atoms with van der Waals surface area (Å²) in [6.45, 7) is 2.64. The third-order valence-electron chi connectivity index (χ3n) is 2.90. The molecule has 98 valence electrons. The molecule has 0 atom stereocenters. The van der Waals surface area contributed by atoms with Crippen molar-refractivity contribution in [3.63, 3.8) is 0 Å². The Hall–Kier alpha value is -1.74. The first-order valence-electron chi connectivity index (χ1n) is 6.15. The lowest BCUT2D eigenvalue weighted by Crippen LogP contribution is -2.02. The van der Waals surface area contributed by atoms with Crippen LogP contribution in [0.1, 0.15) is 21.5 Å². The summed E-state index contributed by atoms with van der Waals surface area (Å²) in [7, 11) is 0. The maximum Gasteiger partial charge on any atom is 0.150 e. The Labute approximate surface area is 118 Å². The number of aldehydes is 1. The number of carbonyl (C=O) groups excluding carboxylic acids is 1. The highest BCUT2D eigenvalue weighted by Crippen LogP contribution is 2.17. The molecule has 0 aliphatic heterocycles. The molecule has 0 saturated carbocycles. The van der Waals surface area contributed by atoms with Crippen LogP contribution in [0, 0.1) is 6.92 Å². The summed E-state index contributed by atoms with van der Waals surface area (Å²) in [6.07, 6.45) is 1.64. The minimum atomic E-state index is 0.594. The number of thiol groups is 1. The maximum absolute atomic E-state index is 10.5. The molecule has 0 aromatic heterocycles. The van der Waals surface area contributed by atoms with Crippen molar-refractivity contribution in [3.05, 3.63) is 59.2 Å². The second-order valence-corrected chi connectivity index (χ2v) is 4.90. The number of rotatable bonds is 5. The van der Waals surface area contributed by atoms with E-state index in [4.69, 9.17) is 4.74 Å². The fourth-order valence-electron chi connectivity index (χ4n) is 1.81. The SMILES string of the molecule is Cc1ccc(CCOc2ccc(C=O)cc2)c(S)c1. The van der Waals surface area contributed by atoms with E-state index < -0.39 is 0 Å². The van der Waals surface area contributed by atoms with E-state index in [0.717, 1.165) is 23.4 Å². The maximum atomic E-state index is 10.5. The van der Waals surface area contributed by atoms with Gasteiger partial charge in [-0.15, -0.1) is 12.6 Å².